The number of anilines is 1. The Morgan fingerprint density at radius 2 is 1.49 bits per heavy atom. The molecular formula is C33H30N4O2. The van der Waals surface area contributed by atoms with Gasteiger partial charge in [0.2, 0.25) is 0 Å². The van der Waals surface area contributed by atoms with Crippen LogP contribution in [0.15, 0.2) is 108 Å². The van der Waals surface area contributed by atoms with Crippen LogP contribution in [0.3, 0.4) is 0 Å². The van der Waals surface area contributed by atoms with E-state index in [1.54, 1.807) is 13.2 Å². The summed E-state index contributed by atoms with van der Waals surface area (Å²) in [5, 5.41) is 23.4. The number of nitrogens with zero attached hydrogens (tertiary/aromatic N) is 4. The van der Waals surface area contributed by atoms with Crippen LogP contribution in [0.2, 0.25) is 0 Å². The van der Waals surface area contributed by atoms with Crippen LogP contribution in [0.25, 0.3) is 16.9 Å². The lowest BCUT2D eigenvalue weighted by Gasteiger charge is -2.24. The summed E-state index contributed by atoms with van der Waals surface area (Å²) in [4.78, 5) is 0. The number of aromatic nitrogens is 2. The van der Waals surface area contributed by atoms with Gasteiger partial charge in [-0.05, 0) is 73.5 Å². The van der Waals surface area contributed by atoms with Crippen LogP contribution in [0.4, 0.5) is 5.69 Å². The highest BCUT2D eigenvalue weighted by molar-refractivity contribution is 6.09. The molecule has 0 fully saturated rings. The summed E-state index contributed by atoms with van der Waals surface area (Å²) in [5.74, 6) is 1.04. The molecule has 4 aromatic carbocycles. The minimum Gasteiger partial charge on any atom is -0.507 e. The first kappa shape index (κ1) is 24.5. The lowest BCUT2D eigenvalue weighted by molar-refractivity contribution is 0.414. The molecule has 1 aliphatic heterocycles. The topological polar surface area (TPSA) is 62.9 Å². The predicted molar refractivity (Wildman–Crippen MR) is 156 cm³/mol. The average Bonchev–Trinajstić information content (AvgIpc) is 3.55. The molecule has 6 heteroatoms. The molecule has 1 aromatic heterocycles. The van der Waals surface area contributed by atoms with Gasteiger partial charge in [0.05, 0.1) is 41.6 Å². The monoisotopic (exact) mass is 514 g/mol. The molecule has 0 radical (unpaired) electrons. The van der Waals surface area contributed by atoms with Crippen LogP contribution >= 0.6 is 0 Å². The molecule has 2 heterocycles. The molecule has 5 aromatic rings. The largest absolute Gasteiger partial charge is 0.507 e. The van der Waals surface area contributed by atoms with E-state index < -0.39 is 0 Å². The highest BCUT2D eigenvalue weighted by Crippen LogP contribution is 2.42. The summed E-state index contributed by atoms with van der Waals surface area (Å²) in [7, 11) is 1.68. The molecule has 0 amide bonds. The van der Waals surface area contributed by atoms with Crippen LogP contribution < -0.4 is 9.75 Å². The molecule has 0 spiro atoms. The van der Waals surface area contributed by atoms with Gasteiger partial charge in [0.15, 0.2) is 0 Å². The fourth-order valence-electron chi connectivity index (χ4n) is 5.29. The number of para-hydroxylation sites is 2. The molecule has 39 heavy (non-hydrogen) atoms. The van der Waals surface area contributed by atoms with Gasteiger partial charge in [-0.25, -0.2) is 4.68 Å². The van der Waals surface area contributed by atoms with Crippen molar-refractivity contribution in [1.29, 1.82) is 0 Å². The van der Waals surface area contributed by atoms with E-state index in [1.807, 2.05) is 91.3 Å². The zero-order valence-electron chi connectivity index (χ0n) is 22.2. The van der Waals surface area contributed by atoms with Crippen LogP contribution in [-0.2, 0) is 0 Å². The van der Waals surface area contributed by atoms with Gasteiger partial charge in [-0.2, -0.15) is 10.2 Å². The second-order valence-electron chi connectivity index (χ2n) is 9.80. The smallest absolute Gasteiger partial charge is 0.125 e. The van der Waals surface area contributed by atoms with Crippen LogP contribution in [0.1, 0.15) is 34.8 Å². The molecule has 0 unspecified atom stereocenters. The number of hydrogen-bond acceptors (Lipinski definition) is 5. The number of benzene rings is 4. The Morgan fingerprint density at radius 1 is 0.821 bits per heavy atom. The quantitative estimate of drug-likeness (QED) is 0.260. The van der Waals surface area contributed by atoms with Crippen LogP contribution in [0, 0.1) is 13.8 Å². The maximum Gasteiger partial charge on any atom is 0.125 e. The highest BCUT2D eigenvalue weighted by atomic mass is 16.5. The van der Waals surface area contributed by atoms with Crippen molar-refractivity contribution >= 4 is 11.4 Å². The molecule has 6 rings (SSSR count). The van der Waals surface area contributed by atoms with Gasteiger partial charge in [0, 0.05) is 17.5 Å². The second-order valence-corrected chi connectivity index (χ2v) is 9.80. The van der Waals surface area contributed by atoms with E-state index in [0.717, 1.165) is 56.5 Å². The van der Waals surface area contributed by atoms with Gasteiger partial charge >= 0.3 is 0 Å². The SMILES string of the molecule is COc1ccc([C@@H]2CC(c3c(C)nn(-c4ccccc4)c3-c3ccc(C)cc3O)=NN2c2ccccc2)cc1. The van der Waals surface area contributed by atoms with E-state index in [1.165, 1.54) is 0 Å². The molecular weight excluding hydrogens is 484 g/mol. The van der Waals surface area contributed by atoms with Crippen molar-refractivity contribution < 1.29 is 9.84 Å². The Morgan fingerprint density at radius 3 is 2.13 bits per heavy atom. The summed E-state index contributed by atoms with van der Waals surface area (Å²) < 4.78 is 7.32. The molecule has 1 aliphatic rings. The number of phenols is 1. The summed E-state index contributed by atoms with van der Waals surface area (Å²) in [6.45, 7) is 3.99. The van der Waals surface area contributed by atoms with Crippen molar-refractivity contribution in [2.75, 3.05) is 12.1 Å². The molecule has 194 valence electrons. The van der Waals surface area contributed by atoms with E-state index in [0.29, 0.717) is 6.42 Å². The number of hydrazone groups is 1. The number of phenolic OH excluding ortho intramolecular Hbond substituents is 1. The Kier molecular flexibility index (Phi) is 6.37. The molecule has 6 nitrogen and oxygen atoms in total. The van der Waals surface area contributed by atoms with E-state index in [-0.39, 0.29) is 11.8 Å². The van der Waals surface area contributed by atoms with Crippen molar-refractivity contribution in [3.8, 4) is 28.4 Å². The summed E-state index contributed by atoms with van der Waals surface area (Å²) >= 11 is 0. The minimum atomic E-state index is -0.00718. The van der Waals surface area contributed by atoms with Crippen molar-refractivity contribution in [2.24, 2.45) is 5.10 Å². The number of ether oxygens (including phenoxy) is 1. The van der Waals surface area contributed by atoms with E-state index >= 15 is 0 Å². The van der Waals surface area contributed by atoms with Gasteiger partial charge in [-0.15, -0.1) is 0 Å². The Hall–Kier alpha value is -4.84. The molecule has 1 atom stereocenters. The molecule has 0 aliphatic carbocycles. The lowest BCUT2D eigenvalue weighted by atomic mass is 9.94. The highest BCUT2D eigenvalue weighted by Gasteiger charge is 2.34. The van der Waals surface area contributed by atoms with Gasteiger partial charge in [-0.1, -0.05) is 54.6 Å². The van der Waals surface area contributed by atoms with Gasteiger partial charge in [0.25, 0.3) is 0 Å². The number of rotatable bonds is 6. The molecule has 0 bridgehead atoms. The van der Waals surface area contributed by atoms with E-state index in [2.05, 4.69) is 29.3 Å². The maximum atomic E-state index is 11.1. The number of methoxy groups -OCH3 is 1. The molecule has 0 saturated carbocycles. The number of aromatic hydroxyl groups is 1. The molecule has 1 N–H and O–H groups in total. The third-order valence-electron chi connectivity index (χ3n) is 7.19. The standard InChI is InChI=1S/C33H30N4O2/c1-22-14-19-28(31(38)20-22)33-32(23(2)34-37(33)26-12-8-5-9-13-26)29-21-30(24-15-17-27(39-3)18-16-24)36(35-29)25-10-6-4-7-11-25/h4-20,30,38H,21H2,1-3H3/t30-/m0/s1. The fraction of sp³-hybridized carbons (Fsp3) is 0.152. The van der Waals surface area contributed by atoms with E-state index in [4.69, 9.17) is 14.9 Å². The summed E-state index contributed by atoms with van der Waals surface area (Å²) in [6, 6.07) is 34.2. The maximum absolute atomic E-state index is 11.1. The average molecular weight is 515 g/mol. The normalized spacial score (nSPS) is 14.9. The van der Waals surface area contributed by atoms with Gasteiger partial charge in [0.1, 0.15) is 11.5 Å². The third kappa shape index (κ3) is 4.55. The lowest BCUT2D eigenvalue weighted by Crippen LogP contribution is -2.18. The van der Waals surface area contributed by atoms with Gasteiger partial charge in [-0.3, -0.25) is 5.01 Å². The molecule has 0 saturated heterocycles. The number of aryl methyl sites for hydroxylation is 2. The first-order valence-electron chi connectivity index (χ1n) is 13.0. The van der Waals surface area contributed by atoms with Crippen LogP contribution in [0.5, 0.6) is 11.5 Å². The zero-order chi connectivity index (χ0) is 26.9. The number of hydrogen-bond donors (Lipinski definition) is 1. The van der Waals surface area contributed by atoms with Crippen molar-refractivity contribution in [2.45, 2.75) is 26.3 Å². The zero-order valence-corrected chi connectivity index (χ0v) is 22.2. The first-order chi connectivity index (χ1) is 19.0. The van der Waals surface area contributed by atoms with Crippen LogP contribution in [-0.4, -0.2) is 27.7 Å². The summed E-state index contributed by atoms with van der Waals surface area (Å²) in [6.07, 6.45) is 0.683. The fourth-order valence-corrected chi connectivity index (χ4v) is 5.29. The Labute approximate surface area is 228 Å². The predicted octanol–water partition coefficient (Wildman–Crippen LogP) is 7.23. The van der Waals surface area contributed by atoms with Crippen molar-refractivity contribution in [1.82, 2.24) is 9.78 Å². The second kappa shape index (κ2) is 10.1. The summed E-state index contributed by atoms with van der Waals surface area (Å²) in [5.41, 5.74) is 8.35. The first-order valence-corrected chi connectivity index (χ1v) is 13.0. The van der Waals surface area contributed by atoms with Crippen molar-refractivity contribution in [3.63, 3.8) is 0 Å². The Balaban J connectivity index is 1.54. The van der Waals surface area contributed by atoms with E-state index in [9.17, 15) is 5.11 Å². The van der Waals surface area contributed by atoms with Crippen molar-refractivity contribution in [3.05, 3.63) is 126 Å². The van der Waals surface area contributed by atoms with Gasteiger partial charge < -0.3 is 9.84 Å². The third-order valence-corrected chi connectivity index (χ3v) is 7.19. The minimum absolute atomic E-state index is 0.00718. The Bertz CT molecular complexity index is 1640.